The predicted molar refractivity (Wildman–Crippen MR) is 112 cm³/mol. The molecule has 164 valence electrons. The molecular formula is C23H32N2O5. The van der Waals surface area contributed by atoms with Gasteiger partial charge in [-0.2, -0.15) is 0 Å². The Bertz CT molecular complexity index is 820. The number of fused-ring (bicyclic) bond motifs is 2. The zero-order valence-electron chi connectivity index (χ0n) is 17.9. The monoisotopic (exact) mass is 416 g/mol. The molecule has 0 unspecified atom stereocenters. The van der Waals surface area contributed by atoms with Crippen molar-refractivity contribution in [2.24, 2.45) is 5.92 Å². The fourth-order valence-corrected chi connectivity index (χ4v) is 5.09. The first-order chi connectivity index (χ1) is 14.3. The molecule has 2 fully saturated rings. The van der Waals surface area contributed by atoms with Crippen LogP contribution in [0.2, 0.25) is 0 Å². The van der Waals surface area contributed by atoms with Gasteiger partial charge in [-0.05, 0) is 58.5 Å². The molecule has 7 heteroatoms. The average Bonchev–Trinajstić information content (AvgIpc) is 2.69. The van der Waals surface area contributed by atoms with Crippen molar-refractivity contribution < 1.29 is 24.2 Å². The van der Waals surface area contributed by atoms with Crippen LogP contribution in [0.4, 0.5) is 0 Å². The van der Waals surface area contributed by atoms with Crippen LogP contribution in [0.3, 0.4) is 0 Å². The summed E-state index contributed by atoms with van der Waals surface area (Å²) in [6, 6.07) is 3.53. The smallest absolute Gasteiger partial charge is 0.257 e. The first-order valence-corrected chi connectivity index (χ1v) is 11.1. The van der Waals surface area contributed by atoms with Crippen LogP contribution < -0.4 is 14.8 Å². The fraction of sp³-hybridized carbons (Fsp3) is 0.652. The molecule has 2 N–H and O–H groups in total. The zero-order chi connectivity index (χ0) is 21.3. The summed E-state index contributed by atoms with van der Waals surface area (Å²) in [5, 5.41) is 13.3. The third-order valence-electron chi connectivity index (χ3n) is 6.47. The molecule has 0 aliphatic carbocycles. The molecule has 0 bridgehead atoms. The van der Waals surface area contributed by atoms with E-state index < -0.39 is 5.60 Å². The van der Waals surface area contributed by atoms with Crippen molar-refractivity contribution in [3.8, 4) is 17.2 Å². The quantitative estimate of drug-likeness (QED) is 0.767. The van der Waals surface area contributed by atoms with Gasteiger partial charge in [-0.3, -0.25) is 9.59 Å². The Morgan fingerprint density at radius 1 is 1.27 bits per heavy atom. The zero-order valence-corrected chi connectivity index (χ0v) is 17.9. The largest absolute Gasteiger partial charge is 0.507 e. The summed E-state index contributed by atoms with van der Waals surface area (Å²) in [7, 11) is 0. The van der Waals surface area contributed by atoms with E-state index in [-0.39, 0.29) is 36.0 Å². The van der Waals surface area contributed by atoms with Crippen LogP contribution in [0.25, 0.3) is 0 Å². The number of ether oxygens (including phenoxy) is 2. The molecule has 0 spiro atoms. The molecule has 1 amide bonds. The Balaban J connectivity index is 1.32. The number of amides is 1. The molecule has 3 heterocycles. The molecule has 3 aliphatic rings. The second kappa shape index (κ2) is 8.46. The second-order valence-electron chi connectivity index (χ2n) is 9.37. The highest BCUT2D eigenvalue weighted by Gasteiger charge is 2.35. The lowest BCUT2D eigenvalue weighted by Gasteiger charge is -2.44. The molecule has 2 atom stereocenters. The van der Waals surface area contributed by atoms with Crippen LogP contribution in [-0.4, -0.2) is 59.6 Å². The Morgan fingerprint density at radius 3 is 2.90 bits per heavy atom. The number of ketones is 1. The topological polar surface area (TPSA) is 88.1 Å². The Morgan fingerprint density at radius 2 is 2.07 bits per heavy atom. The van der Waals surface area contributed by atoms with E-state index in [1.807, 2.05) is 13.8 Å². The summed E-state index contributed by atoms with van der Waals surface area (Å²) in [5.41, 5.74) is -0.458. The molecule has 0 aromatic heterocycles. The summed E-state index contributed by atoms with van der Waals surface area (Å²) in [6.07, 6.45) is 6.33. The number of nitrogens with one attached hydrogen (secondary N) is 1. The van der Waals surface area contributed by atoms with Gasteiger partial charge < -0.3 is 24.8 Å². The van der Waals surface area contributed by atoms with E-state index in [1.54, 1.807) is 6.07 Å². The highest BCUT2D eigenvalue weighted by atomic mass is 16.5. The molecule has 7 nitrogen and oxygen atoms in total. The number of hydrogen-bond donors (Lipinski definition) is 2. The first kappa shape index (κ1) is 21.0. The van der Waals surface area contributed by atoms with Crippen LogP contribution in [-0.2, 0) is 4.79 Å². The third-order valence-corrected chi connectivity index (χ3v) is 6.47. The Kier molecular flexibility index (Phi) is 5.91. The molecule has 1 aromatic carbocycles. The minimum absolute atomic E-state index is 0.142. The lowest BCUT2D eigenvalue weighted by atomic mass is 9.83. The third kappa shape index (κ3) is 4.56. The molecule has 0 saturated carbocycles. The number of benzene rings is 1. The van der Waals surface area contributed by atoms with Gasteiger partial charge in [0.15, 0.2) is 12.4 Å². The molecule has 1 aromatic rings. The van der Waals surface area contributed by atoms with Gasteiger partial charge in [0.05, 0.1) is 6.42 Å². The highest BCUT2D eigenvalue weighted by molar-refractivity contribution is 6.03. The highest BCUT2D eigenvalue weighted by Crippen LogP contribution is 2.41. The molecule has 2 saturated heterocycles. The number of phenolic OH excluding ortho intramolecular Hbond substituents is 1. The number of hydrogen-bond acceptors (Lipinski definition) is 6. The van der Waals surface area contributed by atoms with Gasteiger partial charge in [0, 0.05) is 24.7 Å². The second-order valence-corrected chi connectivity index (χ2v) is 9.37. The number of aromatic hydroxyl groups is 1. The van der Waals surface area contributed by atoms with Crippen LogP contribution in [0.5, 0.6) is 17.2 Å². The maximum absolute atomic E-state index is 12.4. The van der Waals surface area contributed by atoms with Crippen molar-refractivity contribution in [1.29, 1.82) is 0 Å². The molecular weight excluding hydrogens is 384 g/mol. The number of phenols is 1. The minimum Gasteiger partial charge on any atom is -0.507 e. The maximum atomic E-state index is 12.4. The molecule has 0 radical (unpaired) electrons. The number of carbonyl (C=O) groups is 2. The van der Waals surface area contributed by atoms with Crippen molar-refractivity contribution in [1.82, 2.24) is 10.2 Å². The van der Waals surface area contributed by atoms with Crippen molar-refractivity contribution >= 4 is 11.7 Å². The van der Waals surface area contributed by atoms with Gasteiger partial charge in [-0.1, -0.05) is 6.42 Å². The summed E-state index contributed by atoms with van der Waals surface area (Å²) in [4.78, 5) is 27.2. The predicted octanol–water partition coefficient (Wildman–Crippen LogP) is 2.90. The van der Waals surface area contributed by atoms with Gasteiger partial charge in [-0.25, -0.2) is 0 Å². The number of rotatable bonds is 5. The van der Waals surface area contributed by atoms with Crippen LogP contribution in [0.15, 0.2) is 12.1 Å². The number of carbonyl (C=O) groups excluding carboxylic acids is 2. The number of nitrogens with zero attached hydrogens (tertiary/aromatic N) is 1. The van der Waals surface area contributed by atoms with E-state index in [0.29, 0.717) is 30.0 Å². The summed E-state index contributed by atoms with van der Waals surface area (Å²) < 4.78 is 11.4. The van der Waals surface area contributed by atoms with Crippen molar-refractivity contribution in [2.75, 3.05) is 26.2 Å². The fourth-order valence-electron chi connectivity index (χ4n) is 5.09. The van der Waals surface area contributed by atoms with E-state index in [4.69, 9.17) is 9.47 Å². The first-order valence-electron chi connectivity index (χ1n) is 11.1. The van der Waals surface area contributed by atoms with Crippen LogP contribution >= 0.6 is 0 Å². The van der Waals surface area contributed by atoms with Gasteiger partial charge in [0.25, 0.3) is 5.91 Å². The summed E-state index contributed by atoms with van der Waals surface area (Å²) in [6.45, 7) is 6.54. The Labute approximate surface area is 177 Å². The van der Waals surface area contributed by atoms with Gasteiger partial charge in [0.2, 0.25) is 0 Å². The van der Waals surface area contributed by atoms with Crippen molar-refractivity contribution in [3.05, 3.63) is 17.7 Å². The maximum Gasteiger partial charge on any atom is 0.257 e. The van der Waals surface area contributed by atoms with Gasteiger partial charge in [0.1, 0.15) is 28.4 Å². The average molecular weight is 417 g/mol. The SMILES string of the molecule is CC1(C)CC(=O)c2c(O)cc(OCC(=O)NC[C@H]3CCCN4CCCC[C@@H]34)cc2O1. The molecule has 3 aliphatic heterocycles. The van der Waals surface area contributed by atoms with E-state index >= 15 is 0 Å². The lowest BCUT2D eigenvalue weighted by Crippen LogP contribution is -2.51. The lowest BCUT2D eigenvalue weighted by molar-refractivity contribution is -0.123. The molecule has 30 heavy (non-hydrogen) atoms. The van der Waals surface area contributed by atoms with Crippen LogP contribution in [0, 0.1) is 5.92 Å². The summed E-state index contributed by atoms with van der Waals surface area (Å²) in [5.74, 6) is 0.583. The van der Waals surface area contributed by atoms with Crippen molar-refractivity contribution in [3.63, 3.8) is 0 Å². The normalized spacial score (nSPS) is 25.6. The van der Waals surface area contributed by atoms with E-state index in [2.05, 4.69) is 10.2 Å². The van der Waals surface area contributed by atoms with Crippen LogP contribution in [0.1, 0.15) is 62.7 Å². The minimum atomic E-state index is -0.639. The standard InChI is InChI=1S/C23H32N2O5/c1-23(2)12-19(27)22-18(26)10-16(11-20(22)30-23)29-14-21(28)24-13-15-6-5-9-25-8-4-3-7-17(15)25/h10-11,15,17,26H,3-9,12-14H2,1-2H3,(H,24,28)/t15-,17+/m1/s1. The number of Topliss-reactive ketones (excluding diaryl/α,β-unsaturated/α-hetero) is 1. The Hall–Kier alpha value is -2.28. The van der Waals surface area contributed by atoms with Gasteiger partial charge >= 0.3 is 0 Å². The van der Waals surface area contributed by atoms with E-state index in [1.165, 1.54) is 44.8 Å². The molecule has 4 rings (SSSR count). The van der Waals surface area contributed by atoms with Crippen molar-refractivity contribution in [2.45, 2.75) is 64.0 Å². The van der Waals surface area contributed by atoms with E-state index in [9.17, 15) is 14.7 Å². The summed E-state index contributed by atoms with van der Waals surface area (Å²) >= 11 is 0. The van der Waals surface area contributed by atoms with E-state index in [0.717, 1.165) is 6.42 Å². The van der Waals surface area contributed by atoms with Gasteiger partial charge in [-0.15, -0.1) is 0 Å². The number of piperidine rings is 2.